The fraction of sp³-hybridized carbons (Fsp3) is 0.938. The molecule has 6 heteroatoms. The van der Waals surface area contributed by atoms with Gasteiger partial charge < -0.3 is 14.2 Å². The predicted octanol–water partition coefficient (Wildman–Crippen LogP) is 3.07. The zero-order chi connectivity index (χ0) is 17.1. The average Bonchev–Trinajstić information content (AvgIpc) is 2.35. The lowest BCUT2D eigenvalue weighted by atomic mass is 9.91. The van der Waals surface area contributed by atoms with E-state index in [1.54, 1.807) is 4.90 Å². The standard InChI is InChI=1S/C16H32N2O3S/c1-12(17-22(20)16(5,6)7)13-8-10-18(11-9-13)14(19)21-15(2,3)4/h12-13,17H,8-11H2,1-7H3/t12-,22?/m1/s1. The Morgan fingerprint density at radius 1 is 1.23 bits per heavy atom. The van der Waals surface area contributed by atoms with Crippen LogP contribution < -0.4 is 4.72 Å². The summed E-state index contributed by atoms with van der Waals surface area (Å²) in [6.45, 7) is 15.0. The van der Waals surface area contributed by atoms with Crippen molar-refractivity contribution in [3.8, 4) is 0 Å². The molecule has 1 fully saturated rings. The number of nitrogens with one attached hydrogen (secondary N) is 1. The van der Waals surface area contributed by atoms with Crippen molar-refractivity contribution < 1.29 is 14.1 Å². The zero-order valence-electron chi connectivity index (χ0n) is 15.1. The molecule has 1 rings (SSSR count). The van der Waals surface area contributed by atoms with Crippen molar-refractivity contribution in [2.75, 3.05) is 13.1 Å². The first-order valence-electron chi connectivity index (χ1n) is 8.06. The van der Waals surface area contributed by atoms with Crippen LogP contribution in [0.4, 0.5) is 4.79 Å². The van der Waals surface area contributed by atoms with Gasteiger partial charge in [-0.05, 0) is 67.2 Å². The van der Waals surface area contributed by atoms with Gasteiger partial charge in [-0.3, -0.25) is 0 Å². The van der Waals surface area contributed by atoms with Gasteiger partial charge in [0.1, 0.15) is 10.3 Å². The van der Waals surface area contributed by atoms with Gasteiger partial charge in [-0.2, -0.15) is 0 Å². The molecule has 1 unspecified atom stereocenters. The van der Waals surface area contributed by atoms with Crippen molar-refractivity contribution in [2.24, 2.45) is 5.92 Å². The zero-order valence-corrected chi connectivity index (χ0v) is 15.9. The molecule has 1 N–H and O–H groups in total. The number of likely N-dealkylation sites (tertiary alicyclic amines) is 1. The van der Waals surface area contributed by atoms with Crippen molar-refractivity contribution in [3.05, 3.63) is 0 Å². The number of carbonyl (C=O) groups excluding carboxylic acids is 1. The van der Waals surface area contributed by atoms with E-state index in [2.05, 4.69) is 11.6 Å². The molecule has 0 aliphatic carbocycles. The van der Waals surface area contributed by atoms with Crippen LogP contribution in [0.25, 0.3) is 0 Å². The minimum Gasteiger partial charge on any atom is -0.598 e. The molecule has 130 valence electrons. The Labute approximate surface area is 138 Å². The molecular formula is C16H32N2O3S. The van der Waals surface area contributed by atoms with Gasteiger partial charge in [-0.25, -0.2) is 4.79 Å². The van der Waals surface area contributed by atoms with Crippen LogP contribution in [-0.2, 0) is 16.1 Å². The number of nitrogens with zero attached hydrogens (tertiary/aromatic N) is 1. The molecule has 1 amide bonds. The Balaban J connectivity index is 2.43. The van der Waals surface area contributed by atoms with Gasteiger partial charge in [-0.15, -0.1) is 4.72 Å². The first-order valence-corrected chi connectivity index (χ1v) is 9.21. The smallest absolute Gasteiger partial charge is 0.410 e. The van der Waals surface area contributed by atoms with E-state index in [-0.39, 0.29) is 16.9 Å². The number of rotatable bonds is 3. The normalized spacial score (nSPS) is 20.6. The van der Waals surface area contributed by atoms with Gasteiger partial charge in [0.2, 0.25) is 0 Å². The first-order chi connectivity index (χ1) is 9.90. The lowest BCUT2D eigenvalue weighted by molar-refractivity contribution is 0.0174. The summed E-state index contributed by atoms with van der Waals surface area (Å²) in [4.78, 5) is 13.8. The van der Waals surface area contributed by atoms with Gasteiger partial charge in [0, 0.05) is 24.5 Å². The van der Waals surface area contributed by atoms with Gasteiger partial charge in [0.15, 0.2) is 0 Å². The number of hydrogen-bond donors (Lipinski definition) is 1. The first kappa shape index (κ1) is 19.6. The van der Waals surface area contributed by atoms with Crippen molar-refractivity contribution in [2.45, 2.75) is 77.7 Å². The number of carbonyl (C=O) groups is 1. The van der Waals surface area contributed by atoms with E-state index in [0.717, 1.165) is 12.8 Å². The third-order valence-corrected chi connectivity index (χ3v) is 5.45. The summed E-state index contributed by atoms with van der Waals surface area (Å²) in [5.74, 6) is 0.435. The summed E-state index contributed by atoms with van der Waals surface area (Å²) in [5, 5.41) is 0. The van der Waals surface area contributed by atoms with Gasteiger partial charge in [0.05, 0.1) is 6.04 Å². The molecule has 1 saturated heterocycles. The van der Waals surface area contributed by atoms with E-state index in [1.807, 2.05) is 41.5 Å². The second kappa shape index (κ2) is 7.41. The molecule has 22 heavy (non-hydrogen) atoms. The van der Waals surface area contributed by atoms with Crippen LogP contribution in [0.3, 0.4) is 0 Å². The molecule has 0 spiro atoms. The van der Waals surface area contributed by atoms with Gasteiger partial charge >= 0.3 is 6.09 Å². The topological polar surface area (TPSA) is 64.6 Å². The van der Waals surface area contributed by atoms with Crippen LogP contribution in [-0.4, -0.2) is 45.0 Å². The van der Waals surface area contributed by atoms with Gasteiger partial charge in [-0.1, -0.05) is 0 Å². The van der Waals surface area contributed by atoms with Gasteiger partial charge in [0.25, 0.3) is 0 Å². The molecule has 2 atom stereocenters. The van der Waals surface area contributed by atoms with Crippen molar-refractivity contribution in [1.82, 2.24) is 9.62 Å². The molecule has 1 aliphatic heterocycles. The van der Waals surface area contributed by atoms with Crippen LogP contribution in [0, 0.1) is 5.92 Å². The van der Waals surface area contributed by atoms with E-state index in [9.17, 15) is 9.35 Å². The minimum absolute atomic E-state index is 0.181. The lowest BCUT2D eigenvalue weighted by Crippen LogP contribution is -2.49. The second-order valence-electron chi connectivity index (χ2n) is 8.09. The Kier molecular flexibility index (Phi) is 6.59. The average molecular weight is 333 g/mol. The Hall–Kier alpha value is -0.460. The van der Waals surface area contributed by atoms with E-state index < -0.39 is 17.0 Å². The molecule has 5 nitrogen and oxygen atoms in total. The van der Waals surface area contributed by atoms with Crippen molar-refractivity contribution in [3.63, 3.8) is 0 Å². The highest BCUT2D eigenvalue weighted by Gasteiger charge is 2.33. The van der Waals surface area contributed by atoms with E-state index >= 15 is 0 Å². The van der Waals surface area contributed by atoms with Crippen molar-refractivity contribution >= 4 is 17.5 Å². The lowest BCUT2D eigenvalue weighted by Gasteiger charge is -2.36. The number of ether oxygens (including phenoxy) is 1. The summed E-state index contributed by atoms with van der Waals surface area (Å²) in [5.41, 5.74) is -0.452. The summed E-state index contributed by atoms with van der Waals surface area (Å²) in [7, 11) is 0. The third kappa shape index (κ3) is 6.34. The SMILES string of the molecule is C[C@@H](N[S+]([O-])C(C)(C)C)C1CCN(C(=O)OC(C)(C)C)CC1. The maximum absolute atomic E-state index is 12.2. The Bertz CT molecular complexity index is 369. The highest BCUT2D eigenvalue weighted by Crippen LogP contribution is 2.24. The van der Waals surface area contributed by atoms with E-state index in [0.29, 0.717) is 19.0 Å². The largest absolute Gasteiger partial charge is 0.598 e. The quantitative estimate of drug-likeness (QED) is 0.807. The molecule has 0 aromatic carbocycles. The maximum atomic E-state index is 12.2. The highest BCUT2D eigenvalue weighted by molar-refractivity contribution is 7.90. The summed E-state index contributed by atoms with van der Waals surface area (Å²) in [6.07, 6.45) is 1.59. The molecule has 0 radical (unpaired) electrons. The van der Waals surface area contributed by atoms with Crippen LogP contribution in [0.5, 0.6) is 0 Å². The maximum Gasteiger partial charge on any atom is 0.410 e. The van der Waals surface area contributed by atoms with E-state index in [1.165, 1.54) is 0 Å². The summed E-state index contributed by atoms with van der Waals surface area (Å²) >= 11 is -1.06. The summed E-state index contributed by atoms with van der Waals surface area (Å²) in [6, 6.07) is 0.181. The number of piperidine rings is 1. The summed E-state index contributed by atoms with van der Waals surface area (Å²) < 4.78 is 20.5. The number of amides is 1. The Morgan fingerprint density at radius 3 is 2.14 bits per heavy atom. The van der Waals surface area contributed by atoms with Crippen LogP contribution in [0.15, 0.2) is 0 Å². The molecule has 0 saturated carbocycles. The molecule has 1 aliphatic rings. The fourth-order valence-electron chi connectivity index (χ4n) is 2.35. The minimum atomic E-state index is -1.06. The van der Waals surface area contributed by atoms with Crippen LogP contribution >= 0.6 is 0 Å². The molecule has 0 aromatic rings. The number of hydrogen-bond acceptors (Lipinski definition) is 4. The third-order valence-electron chi connectivity index (χ3n) is 3.75. The molecule has 1 heterocycles. The molecular weight excluding hydrogens is 300 g/mol. The highest BCUT2D eigenvalue weighted by atomic mass is 32.2. The molecule has 0 aromatic heterocycles. The Morgan fingerprint density at radius 2 is 1.73 bits per heavy atom. The van der Waals surface area contributed by atoms with E-state index in [4.69, 9.17) is 4.74 Å². The molecule has 0 bridgehead atoms. The second-order valence-corrected chi connectivity index (χ2v) is 10.1. The predicted molar refractivity (Wildman–Crippen MR) is 91.0 cm³/mol. The van der Waals surface area contributed by atoms with Crippen LogP contribution in [0.2, 0.25) is 0 Å². The monoisotopic (exact) mass is 332 g/mol. The van der Waals surface area contributed by atoms with Crippen molar-refractivity contribution in [1.29, 1.82) is 0 Å². The van der Waals surface area contributed by atoms with Crippen LogP contribution in [0.1, 0.15) is 61.3 Å². The fourth-order valence-corrected chi connectivity index (χ4v) is 3.23.